The number of Topliss-reactive ketones (excluding diaryl/α,β-unsaturated/α-hetero) is 2. The molecule has 17 heteroatoms. The monoisotopic (exact) mass is 952 g/mol. The van der Waals surface area contributed by atoms with Gasteiger partial charge in [-0.25, -0.2) is 14.4 Å². The maximum Gasteiger partial charge on any atom is 0.296 e. The number of amides is 2. The molecule has 0 atom stereocenters. The zero-order valence-electron chi connectivity index (χ0n) is 35.0. The van der Waals surface area contributed by atoms with Gasteiger partial charge in [-0.3, -0.25) is 19.2 Å². The summed E-state index contributed by atoms with van der Waals surface area (Å²) in [4.78, 5) is 59.8. The molecule has 0 saturated heterocycles. The quantitative estimate of drug-likeness (QED) is 0.0699. The first-order valence-corrected chi connectivity index (χ1v) is 21.1. The molecule has 0 aliphatic heterocycles. The Kier molecular flexibility index (Phi) is 14.2. The average Bonchev–Trinajstić information content (AvgIpc) is 3.71. The average molecular weight is 955 g/mol. The molecular formula is C48H37Cl4FN6O6. The minimum atomic E-state index is -0.793. The number of halogens is 5. The number of carbonyl (C=O) groups excluding carboxylic acids is 4. The lowest BCUT2D eigenvalue weighted by Gasteiger charge is -2.11. The summed E-state index contributed by atoms with van der Waals surface area (Å²) in [5, 5.41) is 7.81. The third-order valence-electron chi connectivity index (χ3n) is 10.5. The lowest BCUT2D eigenvalue weighted by Crippen LogP contribution is -2.23. The fourth-order valence-corrected chi connectivity index (χ4v) is 8.13. The number of hydrogen-bond acceptors (Lipinski definition) is 8. The van der Waals surface area contributed by atoms with Crippen LogP contribution < -0.4 is 20.1 Å². The molecular weight excluding hydrogens is 917 g/mol. The topological polar surface area (TPSA) is 146 Å². The molecule has 8 aromatic rings. The van der Waals surface area contributed by atoms with Crippen LogP contribution in [0.3, 0.4) is 0 Å². The Morgan fingerprint density at radius 1 is 0.600 bits per heavy atom. The van der Waals surface area contributed by atoms with Crippen LogP contribution >= 0.6 is 46.4 Å². The van der Waals surface area contributed by atoms with E-state index in [1.165, 1.54) is 43.8 Å². The Bertz CT molecular complexity index is 3150. The van der Waals surface area contributed by atoms with E-state index in [4.69, 9.17) is 55.9 Å². The van der Waals surface area contributed by atoms with Gasteiger partial charge in [0.1, 0.15) is 27.6 Å². The number of hydrogen-bond donors (Lipinski definition) is 2. The van der Waals surface area contributed by atoms with Crippen LogP contribution in [0.1, 0.15) is 43.2 Å². The van der Waals surface area contributed by atoms with Gasteiger partial charge in [0.15, 0.2) is 0 Å². The summed E-state index contributed by atoms with van der Waals surface area (Å²) in [5.41, 5.74) is 5.75. The molecule has 0 radical (unpaired) electrons. The number of nitrogens with zero attached hydrogens (tertiary/aromatic N) is 4. The number of methoxy groups -OCH3 is 2. The van der Waals surface area contributed by atoms with Crippen molar-refractivity contribution in [3.05, 3.63) is 175 Å². The van der Waals surface area contributed by atoms with Crippen molar-refractivity contribution >= 4 is 103 Å². The second-order valence-corrected chi connectivity index (χ2v) is 16.1. The minimum Gasteiger partial charge on any atom is -0.497 e. The van der Waals surface area contributed by atoms with Crippen LogP contribution in [0.4, 0.5) is 15.8 Å². The van der Waals surface area contributed by atoms with E-state index in [9.17, 15) is 23.6 Å². The zero-order valence-corrected chi connectivity index (χ0v) is 38.0. The second kappa shape index (κ2) is 20.0. The number of anilines is 2. The van der Waals surface area contributed by atoms with Crippen LogP contribution in [-0.2, 0) is 22.7 Å². The highest BCUT2D eigenvalue weighted by Gasteiger charge is 2.28. The van der Waals surface area contributed by atoms with Crippen molar-refractivity contribution in [2.75, 3.05) is 24.9 Å². The molecule has 0 saturated carbocycles. The van der Waals surface area contributed by atoms with E-state index in [1.54, 1.807) is 81.6 Å². The van der Waals surface area contributed by atoms with E-state index in [-0.39, 0.29) is 27.3 Å². The van der Waals surface area contributed by atoms with Gasteiger partial charge >= 0.3 is 0 Å². The lowest BCUT2D eigenvalue weighted by atomic mass is 10.1. The Labute approximate surface area is 391 Å². The number of aromatic nitrogens is 4. The number of benzene rings is 4. The van der Waals surface area contributed by atoms with Crippen LogP contribution in [-0.4, -0.2) is 56.7 Å². The smallest absolute Gasteiger partial charge is 0.296 e. The van der Waals surface area contributed by atoms with E-state index >= 15 is 0 Å². The molecule has 4 aromatic heterocycles. The molecule has 8 rings (SSSR count). The van der Waals surface area contributed by atoms with Crippen molar-refractivity contribution in [3.63, 3.8) is 0 Å². The summed E-state index contributed by atoms with van der Waals surface area (Å²) >= 11 is 24.2. The summed E-state index contributed by atoms with van der Waals surface area (Å²) in [6.07, 6.45) is 2.88. The van der Waals surface area contributed by atoms with Crippen molar-refractivity contribution in [1.29, 1.82) is 0 Å². The number of nitrogens with one attached hydrogen (secondary N) is 2. The Balaban J connectivity index is 0.000000194. The second-order valence-electron chi connectivity index (χ2n) is 14.5. The van der Waals surface area contributed by atoms with Crippen molar-refractivity contribution in [2.45, 2.75) is 26.9 Å². The molecule has 0 aliphatic carbocycles. The zero-order chi connectivity index (χ0) is 46.5. The van der Waals surface area contributed by atoms with Gasteiger partial charge in [0.25, 0.3) is 23.4 Å². The first-order chi connectivity index (χ1) is 31.1. The minimum absolute atomic E-state index is 0.201. The molecule has 0 spiro atoms. The third-order valence-corrected chi connectivity index (χ3v) is 11.5. The molecule has 0 fully saturated rings. The van der Waals surface area contributed by atoms with Gasteiger partial charge in [0, 0.05) is 80.1 Å². The number of pyridine rings is 2. The number of fused-ring (bicyclic) bond motifs is 2. The first kappa shape index (κ1) is 46.2. The third kappa shape index (κ3) is 10.3. The summed E-state index contributed by atoms with van der Waals surface area (Å²) in [7, 11) is 3.07. The largest absolute Gasteiger partial charge is 0.497 e. The van der Waals surface area contributed by atoms with Crippen molar-refractivity contribution in [3.8, 4) is 11.5 Å². The van der Waals surface area contributed by atoms with Crippen molar-refractivity contribution in [1.82, 2.24) is 19.1 Å². The molecule has 12 nitrogen and oxygen atoms in total. The summed E-state index contributed by atoms with van der Waals surface area (Å²) in [5.74, 6) is -2.14. The Morgan fingerprint density at radius 2 is 1.08 bits per heavy atom. The highest BCUT2D eigenvalue weighted by molar-refractivity contribution is 6.49. The predicted octanol–water partition coefficient (Wildman–Crippen LogP) is 11.2. The van der Waals surface area contributed by atoms with E-state index in [2.05, 4.69) is 20.6 Å². The fourth-order valence-electron chi connectivity index (χ4n) is 7.31. The summed E-state index contributed by atoms with van der Waals surface area (Å²) in [6.45, 7) is 4.36. The van der Waals surface area contributed by atoms with E-state index in [1.807, 2.05) is 27.3 Å². The molecule has 2 amide bonds. The highest BCUT2D eigenvalue weighted by Crippen LogP contribution is 2.34. The molecule has 4 aromatic carbocycles. The van der Waals surface area contributed by atoms with Crippen molar-refractivity contribution in [2.24, 2.45) is 0 Å². The first-order valence-electron chi connectivity index (χ1n) is 19.6. The molecule has 0 unspecified atom stereocenters. The number of ketones is 2. The standard InChI is InChI=1S/C24H18Cl3N3O3.C24H19ClFN3O3/c1-13-22(23(31)24(32)29-16-7-8-28-21(27)10-16)18-11-17(33-2)5-6-20(18)30(13)12-14-3-4-15(25)9-19(14)26;1-14-22(23(30)24(31)28-17-9-10-27-21(25)11-17)19-12-18(32-2)7-8-20(19)29(14)13-15-3-5-16(26)6-4-15/h3-11H,12H2,1-2H3,(H,28,29,32);3-12H,13H2,1-2H3,(H,27,28,31). The van der Waals surface area contributed by atoms with Crippen LogP contribution in [0, 0.1) is 19.7 Å². The van der Waals surface area contributed by atoms with Gasteiger partial charge in [-0.15, -0.1) is 0 Å². The molecule has 2 N–H and O–H groups in total. The van der Waals surface area contributed by atoms with Gasteiger partial charge in [-0.2, -0.15) is 0 Å². The highest BCUT2D eigenvalue weighted by atomic mass is 35.5. The van der Waals surface area contributed by atoms with Gasteiger partial charge < -0.3 is 29.2 Å². The maximum atomic E-state index is 13.3. The van der Waals surface area contributed by atoms with E-state index < -0.39 is 23.4 Å². The Hall–Kier alpha value is -6.77. The van der Waals surface area contributed by atoms with Gasteiger partial charge in [-0.1, -0.05) is 64.6 Å². The normalized spacial score (nSPS) is 10.9. The van der Waals surface area contributed by atoms with Crippen LogP contribution in [0.2, 0.25) is 20.4 Å². The molecule has 0 aliphatic rings. The van der Waals surface area contributed by atoms with Gasteiger partial charge in [-0.05, 0) is 110 Å². The van der Waals surface area contributed by atoms with E-state index in [0.29, 0.717) is 68.2 Å². The SMILES string of the molecule is COc1ccc2c(c1)c(C(=O)C(=O)Nc1ccnc(Cl)c1)c(C)n2Cc1ccc(Cl)cc1Cl.COc1ccc2c(c1)c(C(=O)C(=O)Nc1ccnc(Cl)c1)c(C)n2Cc1ccc(F)cc1. The predicted molar refractivity (Wildman–Crippen MR) is 252 cm³/mol. The van der Waals surface area contributed by atoms with Gasteiger partial charge in [0.2, 0.25) is 0 Å². The fraction of sp³-hybridized carbons (Fsp3) is 0.125. The molecule has 0 bridgehead atoms. The number of rotatable bonds is 12. The summed E-state index contributed by atoms with van der Waals surface area (Å²) in [6, 6.07) is 28.2. The lowest BCUT2D eigenvalue weighted by molar-refractivity contribution is -0.113. The van der Waals surface area contributed by atoms with E-state index in [0.717, 1.165) is 22.2 Å². The molecule has 65 heavy (non-hydrogen) atoms. The van der Waals surface area contributed by atoms with Crippen LogP contribution in [0.25, 0.3) is 21.8 Å². The molecule has 4 heterocycles. The van der Waals surface area contributed by atoms with Crippen molar-refractivity contribution < 1.29 is 33.0 Å². The van der Waals surface area contributed by atoms with Crippen LogP contribution in [0.5, 0.6) is 11.5 Å². The summed E-state index contributed by atoms with van der Waals surface area (Å²) < 4.78 is 27.9. The maximum absolute atomic E-state index is 13.3. The number of carbonyl (C=O) groups is 4. The van der Waals surface area contributed by atoms with Crippen LogP contribution in [0.15, 0.2) is 116 Å². The number of ether oxygens (including phenoxy) is 2. The van der Waals surface area contributed by atoms with Gasteiger partial charge in [0.05, 0.1) is 25.3 Å². The Morgan fingerprint density at radius 3 is 1.52 bits per heavy atom. The molecule has 330 valence electrons.